The van der Waals surface area contributed by atoms with Crippen LogP contribution < -0.4 is 0 Å². The molecule has 0 fully saturated rings. The number of aromatic nitrogens is 1. The van der Waals surface area contributed by atoms with Crippen molar-refractivity contribution in [3.05, 3.63) is 51.4 Å². The fourth-order valence-corrected chi connectivity index (χ4v) is 2.18. The van der Waals surface area contributed by atoms with E-state index in [1.54, 1.807) is 23.5 Å². The molecule has 0 N–H and O–H groups in total. The van der Waals surface area contributed by atoms with Crippen LogP contribution in [-0.4, -0.2) is 10.8 Å². The van der Waals surface area contributed by atoms with Gasteiger partial charge in [0.2, 0.25) is 0 Å². The summed E-state index contributed by atoms with van der Waals surface area (Å²) in [6.07, 6.45) is 2.77. The van der Waals surface area contributed by atoms with Gasteiger partial charge in [0, 0.05) is 17.5 Å². The van der Waals surface area contributed by atoms with Gasteiger partial charge in [-0.05, 0) is 30.0 Å². The molecule has 0 aromatic carbocycles. The van der Waals surface area contributed by atoms with Gasteiger partial charge in [-0.15, -0.1) is 11.3 Å². The van der Waals surface area contributed by atoms with Crippen molar-refractivity contribution in [2.24, 2.45) is 0 Å². The summed E-state index contributed by atoms with van der Waals surface area (Å²) >= 11 is 7.37. The molecule has 0 unspecified atom stereocenters. The number of ketones is 1. The molecule has 0 aliphatic heterocycles. The number of Topliss-reactive ketones (excluding diaryl/α,β-unsaturated/α-hetero) is 1. The van der Waals surface area contributed by atoms with Gasteiger partial charge in [0.05, 0.1) is 5.02 Å². The van der Waals surface area contributed by atoms with Crippen LogP contribution in [0.1, 0.15) is 21.8 Å². The van der Waals surface area contributed by atoms with Crippen molar-refractivity contribution in [3.63, 3.8) is 0 Å². The van der Waals surface area contributed by atoms with Crippen molar-refractivity contribution in [3.8, 4) is 0 Å². The molecule has 0 atom stereocenters. The van der Waals surface area contributed by atoms with Crippen LogP contribution in [0.4, 0.5) is 0 Å². The largest absolute Gasteiger partial charge is 0.292 e. The minimum absolute atomic E-state index is 0.0602. The Kier molecular flexibility index (Phi) is 3.70. The maximum absolute atomic E-state index is 11.8. The van der Waals surface area contributed by atoms with Crippen molar-refractivity contribution in [1.82, 2.24) is 4.98 Å². The fourth-order valence-electron chi connectivity index (χ4n) is 1.36. The number of nitrogens with zero attached hydrogens (tertiary/aromatic N) is 1. The van der Waals surface area contributed by atoms with E-state index in [-0.39, 0.29) is 5.78 Å². The summed E-state index contributed by atoms with van der Waals surface area (Å²) < 4.78 is 0. The highest BCUT2D eigenvalue weighted by atomic mass is 35.5. The molecular formula is C12H10ClNOS. The molecule has 0 bridgehead atoms. The van der Waals surface area contributed by atoms with Gasteiger partial charge in [-0.1, -0.05) is 17.7 Å². The quantitative estimate of drug-likeness (QED) is 0.777. The first-order valence-corrected chi connectivity index (χ1v) is 6.18. The van der Waals surface area contributed by atoms with E-state index < -0.39 is 0 Å². The van der Waals surface area contributed by atoms with Crippen LogP contribution >= 0.6 is 22.9 Å². The number of hydrogen-bond acceptors (Lipinski definition) is 3. The molecule has 2 rings (SSSR count). The predicted molar refractivity (Wildman–Crippen MR) is 66.2 cm³/mol. The highest BCUT2D eigenvalue weighted by Crippen LogP contribution is 2.13. The Labute approximate surface area is 103 Å². The number of pyridine rings is 1. The van der Waals surface area contributed by atoms with Gasteiger partial charge >= 0.3 is 0 Å². The second-order valence-corrected chi connectivity index (χ2v) is 4.83. The van der Waals surface area contributed by atoms with Crippen LogP contribution in [0.3, 0.4) is 0 Å². The highest BCUT2D eigenvalue weighted by molar-refractivity contribution is 7.09. The summed E-state index contributed by atoms with van der Waals surface area (Å²) in [4.78, 5) is 17.0. The van der Waals surface area contributed by atoms with Gasteiger partial charge in [0.15, 0.2) is 5.78 Å². The lowest BCUT2D eigenvalue weighted by Crippen LogP contribution is -2.02. The SMILES string of the molecule is O=C(CCc1cccs1)c1ccc(Cl)cn1. The number of aryl methyl sites for hydroxylation is 1. The van der Waals surface area contributed by atoms with Crippen molar-refractivity contribution in [2.45, 2.75) is 12.8 Å². The van der Waals surface area contributed by atoms with E-state index in [2.05, 4.69) is 4.98 Å². The van der Waals surface area contributed by atoms with Gasteiger partial charge < -0.3 is 0 Å². The smallest absolute Gasteiger partial charge is 0.181 e. The molecule has 0 saturated carbocycles. The zero-order valence-electron chi connectivity index (χ0n) is 8.52. The fraction of sp³-hybridized carbons (Fsp3) is 0.167. The molecule has 0 spiro atoms. The Morgan fingerprint density at radius 2 is 2.25 bits per heavy atom. The summed E-state index contributed by atoms with van der Waals surface area (Å²) in [5.74, 6) is 0.0602. The maximum Gasteiger partial charge on any atom is 0.181 e. The van der Waals surface area contributed by atoms with Gasteiger partial charge in [0.1, 0.15) is 5.69 Å². The third-order valence-electron chi connectivity index (χ3n) is 2.19. The molecule has 2 aromatic heterocycles. The Morgan fingerprint density at radius 1 is 1.38 bits per heavy atom. The molecule has 82 valence electrons. The summed E-state index contributed by atoms with van der Waals surface area (Å²) in [5, 5.41) is 2.56. The molecule has 2 aromatic rings. The van der Waals surface area contributed by atoms with Crippen LogP contribution in [0.25, 0.3) is 0 Å². The van der Waals surface area contributed by atoms with Gasteiger partial charge in [-0.3, -0.25) is 9.78 Å². The molecule has 2 heterocycles. The van der Waals surface area contributed by atoms with E-state index >= 15 is 0 Å². The number of rotatable bonds is 4. The molecule has 0 aliphatic carbocycles. The zero-order chi connectivity index (χ0) is 11.4. The molecule has 0 amide bonds. The standard InChI is InChI=1S/C12H10ClNOS/c13-9-3-5-11(14-8-9)12(15)6-4-10-2-1-7-16-10/h1-3,5,7-8H,4,6H2. The van der Waals surface area contributed by atoms with Gasteiger partial charge in [-0.25, -0.2) is 0 Å². The molecule has 0 saturated heterocycles. The average Bonchev–Trinajstić information content (AvgIpc) is 2.80. The first kappa shape index (κ1) is 11.3. The van der Waals surface area contributed by atoms with Crippen molar-refractivity contribution < 1.29 is 4.79 Å². The first-order valence-electron chi connectivity index (χ1n) is 4.93. The Bertz CT molecular complexity index is 464. The van der Waals surface area contributed by atoms with E-state index in [1.807, 2.05) is 17.5 Å². The Morgan fingerprint density at radius 3 is 2.88 bits per heavy atom. The monoisotopic (exact) mass is 251 g/mol. The minimum atomic E-state index is 0.0602. The van der Waals surface area contributed by atoms with Crippen LogP contribution in [0.5, 0.6) is 0 Å². The summed E-state index contributed by atoms with van der Waals surface area (Å²) in [6, 6.07) is 7.38. The van der Waals surface area contributed by atoms with Crippen molar-refractivity contribution >= 4 is 28.7 Å². The zero-order valence-corrected chi connectivity index (χ0v) is 10.1. The summed E-state index contributed by atoms with van der Waals surface area (Å²) in [5.41, 5.74) is 0.487. The second-order valence-electron chi connectivity index (χ2n) is 3.36. The van der Waals surface area contributed by atoms with E-state index in [4.69, 9.17) is 11.6 Å². The predicted octanol–water partition coefficient (Wildman–Crippen LogP) is 3.61. The topological polar surface area (TPSA) is 30.0 Å². The average molecular weight is 252 g/mol. The highest BCUT2D eigenvalue weighted by Gasteiger charge is 2.07. The second kappa shape index (κ2) is 5.23. The lowest BCUT2D eigenvalue weighted by atomic mass is 10.1. The van der Waals surface area contributed by atoms with Crippen molar-refractivity contribution in [2.75, 3.05) is 0 Å². The number of carbonyl (C=O) groups excluding carboxylic acids is 1. The minimum Gasteiger partial charge on any atom is -0.292 e. The Balaban J connectivity index is 1.95. The molecule has 0 radical (unpaired) electrons. The molecule has 0 aliphatic rings. The van der Waals surface area contributed by atoms with E-state index in [9.17, 15) is 4.79 Å². The van der Waals surface area contributed by atoms with E-state index in [0.29, 0.717) is 17.1 Å². The summed E-state index contributed by atoms with van der Waals surface area (Å²) in [7, 11) is 0. The molecule has 2 nitrogen and oxygen atoms in total. The normalized spacial score (nSPS) is 10.3. The van der Waals surface area contributed by atoms with Crippen LogP contribution in [0, 0.1) is 0 Å². The number of thiophene rings is 1. The molecule has 16 heavy (non-hydrogen) atoms. The van der Waals surface area contributed by atoms with Gasteiger partial charge in [0.25, 0.3) is 0 Å². The number of halogens is 1. The first-order chi connectivity index (χ1) is 7.75. The molecule has 4 heteroatoms. The summed E-state index contributed by atoms with van der Waals surface area (Å²) in [6.45, 7) is 0. The van der Waals surface area contributed by atoms with Crippen LogP contribution in [-0.2, 0) is 6.42 Å². The van der Waals surface area contributed by atoms with Crippen LogP contribution in [0.2, 0.25) is 5.02 Å². The lowest BCUT2D eigenvalue weighted by molar-refractivity contribution is 0.0978. The number of carbonyl (C=O) groups is 1. The third kappa shape index (κ3) is 2.90. The lowest BCUT2D eigenvalue weighted by Gasteiger charge is -1.99. The van der Waals surface area contributed by atoms with Crippen molar-refractivity contribution in [1.29, 1.82) is 0 Å². The Hall–Kier alpha value is -1.19. The molecular weight excluding hydrogens is 242 g/mol. The van der Waals surface area contributed by atoms with Gasteiger partial charge in [-0.2, -0.15) is 0 Å². The van der Waals surface area contributed by atoms with Crippen LogP contribution in [0.15, 0.2) is 35.8 Å². The third-order valence-corrected chi connectivity index (χ3v) is 3.35. The van der Waals surface area contributed by atoms with E-state index in [1.165, 1.54) is 11.1 Å². The maximum atomic E-state index is 11.8. The van der Waals surface area contributed by atoms with E-state index in [0.717, 1.165) is 6.42 Å². The number of hydrogen-bond donors (Lipinski definition) is 0.